The smallest absolute Gasteiger partial charge is 0.314 e. The summed E-state index contributed by atoms with van der Waals surface area (Å²) in [6, 6.07) is 9.82. The number of carbonyl (C=O) groups excluding carboxylic acids is 1. The maximum absolute atomic E-state index is 11.9. The van der Waals surface area contributed by atoms with E-state index in [2.05, 4.69) is 11.6 Å². The Labute approximate surface area is 119 Å². The number of esters is 1. The van der Waals surface area contributed by atoms with Crippen molar-refractivity contribution in [3.05, 3.63) is 35.9 Å². The number of hydrogen-bond acceptors (Lipinski definition) is 4. The van der Waals surface area contributed by atoms with Crippen molar-refractivity contribution < 1.29 is 9.53 Å². The minimum absolute atomic E-state index is 0.173. The van der Waals surface area contributed by atoms with E-state index in [0.29, 0.717) is 11.3 Å². The Morgan fingerprint density at radius 1 is 1.42 bits per heavy atom. The molecule has 0 bridgehead atoms. The van der Waals surface area contributed by atoms with Gasteiger partial charge >= 0.3 is 5.97 Å². The minimum Gasteiger partial charge on any atom is -0.469 e. The van der Waals surface area contributed by atoms with E-state index >= 15 is 0 Å². The van der Waals surface area contributed by atoms with Crippen LogP contribution in [0.2, 0.25) is 0 Å². The van der Waals surface area contributed by atoms with Crippen LogP contribution in [0.3, 0.4) is 0 Å². The molecule has 3 nitrogen and oxygen atoms in total. The Morgan fingerprint density at radius 2 is 2.11 bits per heavy atom. The van der Waals surface area contributed by atoms with E-state index in [4.69, 9.17) is 4.74 Å². The number of thioether (sulfide) groups is 1. The van der Waals surface area contributed by atoms with Gasteiger partial charge < -0.3 is 10.1 Å². The molecule has 1 aromatic carbocycles. The Bertz CT molecular complexity index is 417. The molecule has 1 atom stereocenters. The second kappa shape index (κ2) is 6.44. The molecule has 0 amide bonds. The van der Waals surface area contributed by atoms with Gasteiger partial charge in [-0.05, 0) is 24.7 Å². The predicted molar refractivity (Wildman–Crippen MR) is 79.5 cm³/mol. The highest BCUT2D eigenvalue weighted by Gasteiger charge is 2.41. The molecule has 0 spiro atoms. The van der Waals surface area contributed by atoms with Crippen LogP contribution in [-0.4, -0.2) is 37.2 Å². The second-order valence-electron chi connectivity index (χ2n) is 5.00. The molecule has 4 heteroatoms. The van der Waals surface area contributed by atoms with E-state index in [1.54, 1.807) is 0 Å². The van der Waals surface area contributed by atoms with Gasteiger partial charge in [-0.25, -0.2) is 0 Å². The first-order valence-corrected chi connectivity index (χ1v) is 7.82. The highest BCUT2D eigenvalue weighted by molar-refractivity contribution is 8.00. The van der Waals surface area contributed by atoms with Crippen LogP contribution in [0.1, 0.15) is 24.3 Å². The molecule has 1 unspecified atom stereocenters. The van der Waals surface area contributed by atoms with Gasteiger partial charge in [0, 0.05) is 17.8 Å². The fourth-order valence-electron chi connectivity index (χ4n) is 2.20. The van der Waals surface area contributed by atoms with Crippen LogP contribution < -0.4 is 5.32 Å². The predicted octanol–water partition coefficient (Wildman–Crippen LogP) is 2.43. The molecule has 19 heavy (non-hydrogen) atoms. The summed E-state index contributed by atoms with van der Waals surface area (Å²) < 4.78 is 5.32. The summed E-state index contributed by atoms with van der Waals surface area (Å²) in [5.41, 5.74) is 1.01. The molecule has 1 saturated carbocycles. The van der Waals surface area contributed by atoms with Crippen LogP contribution in [0.5, 0.6) is 0 Å². The van der Waals surface area contributed by atoms with E-state index in [0.717, 1.165) is 12.1 Å². The van der Waals surface area contributed by atoms with Crippen LogP contribution in [0.15, 0.2) is 30.3 Å². The van der Waals surface area contributed by atoms with Crippen LogP contribution in [0, 0.1) is 0 Å². The van der Waals surface area contributed by atoms with Crippen molar-refractivity contribution in [2.75, 3.05) is 26.5 Å². The summed E-state index contributed by atoms with van der Waals surface area (Å²) in [7, 11) is 1.45. The van der Waals surface area contributed by atoms with Crippen molar-refractivity contribution in [2.24, 2.45) is 0 Å². The fraction of sp³-hybridized carbons (Fsp3) is 0.533. The number of methoxy groups -OCH3 is 1. The van der Waals surface area contributed by atoms with Gasteiger partial charge in [0.25, 0.3) is 0 Å². The molecule has 0 saturated heterocycles. The number of hydrogen-bond donors (Lipinski definition) is 1. The zero-order valence-corrected chi connectivity index (χ0v) is 12.3. The van der Waals surface area contributed by atoms with Crippen LogP contribution in [0.4, 0.5) is 0 Å². The van der Waals surface area contributed by atoms with E-state index in [9.17, 15) is 4.79 Å². The average molecular weight is 279 g/mol. The highest BCUT2D eigenvalue weighted by Crippen LogP contribution is 2.46. The molecule has 2 rings (SSSR count). The standard InChI is InChI=1S/C15H21NO2S/c1-18-14(17)13(12-6-4-3-5-7-12)10-16-11-15(19-2)8-9-15/h3-7,13,16H,8-11H2,1-2H3. The van der Waals surface area contributed by atoms with E-state index < -0.39 is 0 Å². The molecule has 0 radical (unpaired) electrons. The van der Waals surface area contributed by atoms with Crippen molar-refractivity contribution >= 4 is 17.7 Å². The third-order valence-corrected chi connectivity index (χ3v) is 5.14. The molecule has 1 N–H and O–H groups in total. The average Bonchev–Trinajstić information content (AvgIpc) is 3.24. The van der Waals surface area contributed by atoms with Crippen molar-refractivity contribution in [1.29, 1.82) is 0 Å². The molecule has 1 aliphatic rings. The van der Waals surface area contributed by atoms with Gasteiger partial charge in [0.2, 0.25) is 0 Å². The summed E-state index contributed by atoms with van der Waals surface area (Å²) in [6.07, 6.45) is 4.70. The molecule has 1 aliphatic carbocycles. The van der Waals surface area contributed by atoms with Crippen LogP contribution >= 0.6 is 11.8 Å². The Balaban J connectivity index is 1.93. The van der Waals surface area contributed by atoms with Crippen molar-refractivity contribution in [2.45, 2.75) is 23.5 Å². The van der Waals surface area contributed by atoms with Crippen molar-refractivity contribution in [3.8, 4) is 0 Å². The van der Waals surface area contributed by atoms with Crippen molar-refractivity contribution in [3.63, 3.8) is 0 Å². The molecule has 1 fully saturated rings. The summed E-state index contributed by atoms with van der Waals surface area (Å²) in [6.45, 7) is 1.60. The molecular formula is C15H21NO2S. The topological polar surface area (TPSA) is 38.3 Å². The summed E-state index contributed by atoms with van der Waals surface area (Å²) in [5.74, 6) is -0.392. The molecule has 1 aromatic rings. The molecule has 0 aliphatic heterocycles. The van der Waals surface area contributed by atoms with Gasteiger partial charge in [0.1, 0.15) is 0 Å². The minimum atomic E-state index is -0.219. The lowest BCUT2D eigenvalue weighted by molar-refractivity contribution is -0.142. The quantitative estimate of drug-likeness (QED) is 0.778. The normalized spacial score (nSPS) is 17.8. The Morgan fingerprint density at radius 3 is 2.63 bits per heavy atom. The maximum Gasteiger partial charge on any atom is 0.314 e. The van der Waals surface area contributed by atoms with Gasteiger partial charge in [-0.2, -0.15) is 11.8 Å². The fourth-order valence-corrected chi connectivity index (χ4v) is 2.96. The first-order valence-electron chi connectivity index (χ1n) is 6.59. The first kappa shape index (κ1) is 14.4. The molecular weight excluding hydrogens is 258 g/mol. The Kier molecular flexibility index (Phi) is 4.88. The molecule has 0 aromatic heterocycles. The van der Waals surface area contributed by atoms with Gasteiger partial charge in [0.15, 0.2) is 0 Å². The number of carbonyl (C=O) groups is 1. The van der Waals surface area contributed by atoms with E-state index in [-0.39, 0.29) is 11.9 Å². The summed E-state index contributed by atoms with van der Waals surface area (Å²) >= 11 is 1.92. The first-order chi connectivity index (χ1) is 9.21. The zero-order valence-electron chi connectivity index (χ0n) is 11.5. The lowest BCUT2D eigenvalue weighted by atomic mass is 9.99. The SMILES string of the molecule is COC(=O)C(CNCC1(SC)CC1)c1ccccc1. The second-order valence-corrected chi connectivity index (χ2v) is 6.28. The molecule has 0 heterocycles. The summed E-state index contributed by atoms with van der Waals surface area (Å²) in [5, 5.41) is 3.43. The van der Waals surface area contributed by atoms with Crippen LogP contribution in [-0.2, 0) is 9.53 Å². The number of rotatable bonds is 7. The lowest BCUT2D eigenvalue weighted by Gasteiger charge is -2.18. The monoisotopic (exact) mass is 279 g/mol. The van der Waals surface area contributed by atoms with Crippen molar-refractivity contribution in [1.82, 2.24) is 5.32 Å². The van der Waals surface area contributed by atoms with Gasteiger partial charge in [0.05, 0.1) is 13.0 Å². The number of ether oxygens (including phenoxy) is 1. The third kappa shape index (κ3) is 3.74. The zero-order chi connectivity index (χ0) is 13.7. The lowest BCUT2D eigenvalue weighted by Crippen LogP contribution is -2.33. The summed E-state index contributed by atoms with van der Waals surface area (Å²) in [4.78, 5) is 11.9. The van der Waals surface area contributed by atoms with Gasteiger partial charge in [-0.1, -0.05) is 30.3 Å². The largest absolute Gasteiger partial charge is 0.469 e. The highest BCUT2D eigenvalue weighted by atomic mass is 32.2. The van der Waals surface area contributed by atoms with Gasteiger partial charge in [-0.3, -0.25) is 4.79 Å². The van der Waals surface area contributed by atoms with Gasteiger partial charge in [-0.15, -0.1) is 0 Å². The molecule has 104 valence electrons. The Hall–Kier alpha value is -1.00. The number of benzene rings is 1. The van der Waals surface area contributed by atoms with E-state index in [1.807, 2.05) is 42.1 Å². The number of nitrogens with one attached hydrogen (secondary N) is 1. The van der Waals surface area contributed by atoms with E-state index in [1.165, 1.54) is 20.0 Å². The van der Waals surface area contributed by atoms with Crippen LogP contribution in [0.25, 0.3) is 0 Å². The maximum atomic E-state index is 11.9. The third-order valence-electron chi connectivity index (χ3n) is 3.72.